The number of carbonyl (C=O) groups is 1. The molecule has 178 valence electrons. The Hall–Kier alpha value is -2.39. The summed E-state index contributed by atoms with van der Waals surface area (Å²) in [5.74, 6) is 1.49. The minimum atomic E-state index is -3.91. The molecule has 0 aromatic heterocycles. The number of hydrogen-bond donors (Lipinski definition) is 1. The van der Waals surface area contributed by atoms with E-state index in [0.717, 1.165) is 11.3 Å². The lowest BCUT2D eigenvalue weighted by atomic mass is 10.1. The maximum absolute atomic E-state index is 13.5. The van der Waals surface area contributed by atoms with Gasteiger partial charge in [-0.2, -0.15) is 11.8 Å². The van der Waals surface area contributed by atoms with Crippen LogP contribution in [0, 0.1) is 6.92 Å². The molecule has 0 bridgehead atoms. The van der Waals surface area contributed by atoms with E-state index in [1.165, 1.54) is 49.2 Å². The van der Waals surface area contributed by atoms with Crippen LogP contribution >= 0.6 is 11.8 Å². The summed E-state index contributed by atoms with van der Waals surface area (Å²) >= 11 is 1.90. The molecular formula is C24H30N2O5S2. The van der Waals surface area contributed by atoms with Crippen molar-refractivity contribution >= 4 is 33.4 Å². The molecule has 4 rings (SSSR count). The fourth-order valence-corrected chi connectivity index (χ4v) is 6.86. The van der Waals surface area contributed by atoms with Crippen LogP contribution in [0.15, 0.2) is 47.4 Å². The van der Waals surface area contributed by atoms with Crippen molar-refractivity contribution in [1.29, 1.82) is 0 Å². The molecule has 1 atom stereocenters. The Bertz CT molecular complexity index is 1080. The third-order valence-corrected chi connectivity index (χ3v) is 9.16. The molecule has 1 amide bonds. The molecule has 1 aliphatic carbocycles. The highest BCUT2D eigenvalue weighted by molar-refractivity contribution is 7.99. The molecule has 1 N–H and O–H groups in total. The minimum Gasteiger partial charge on any atom is -0.497 e. The molecule has 0 spiro atoms. The largest absolute Gasteiger partial charge is 0.497 e. The van der Waals surface area contributed by atoms with Crippen molar-refractivity contribution in [2.75, 3.05) is 30.3 Å². The molecule has 0 radical (unpaired) electrons. The van der Waals surface area contributed by atoms with Crippen molar-refractivity contribution < 1.29 is 22.7 Å². The number of nitrogens with one attached hydrogen (secondary N) is 1. The van der Waals surface area contributed by atoms with Gasteiger partial charge in [0.2, 0.25) is 0 Å². The first-order valence-corrected chi connectivity index (χ1v) is 13.7. The number of sulfonamides is 1. The quantitative estimate of drug-likeness (QED) is 0.568. The molecule has 1 saturated carbocycles. The molecule has 1 heterocycles. The lowest BCUT2D eigenvalue weighted by Gasteiger charge is -2.35. The van der Waals surface area contributed by atoms with Gasteiger partial charge in [0.25, 0.3) is 15.9 Å². The van der Waals surface area contributed by atoms with Gasteiger partial charge in [-0.05, 0) is 61.7 Å². The first kappa shape index (κ1) is 23.8. The zero-order valence-electron chi connectivity index (χ0n) is 19.0. The molecule has 33 heavy (non-hydrogen) atoms. The van der Waals surface area contributed by atoms with Gasteiger partial charge in [0.05, 0.1) is 24.2 Å². The molecular weight excluding hydrogens is 460 g/mol. The van der Waals surface area contributed by atoms with E-state index in [1.807, 2.05) is 24.8 Å². The summed E-state index contributed by atoms with van der Waals surface area (Å²) in [7, 11) is -2.38. The van der Waals surface area contributed by atoms with E-state index in [-0.39, 0.29) is 17.3 Å². The van der Waals surface area contributed by atoms with Crippen LogP contribution in [0.4, 0.5) is 5.69 Å². The number of thioether (sulfide) groups is 1. The summed E-state index contributed by atoms with van der Waals surface area (Å²) in [4.78, 5) is 13.0. The van der Waals surface area contributed by atoms with E-state index in [0.29, 0.717) is 29.0 Å². The number of anilines is 1. The molecule has 9 heteroatoms. The van der Waals surface area contributed by atoms with E-state index < -0.39 is 16.1 Å². The van der Waals surface area contributed by atoms with Crippen LogP contribution in [0.5, 0.6) is 11.5 Å². The maximum atomic E-state index is 13.5. The highest BCUT2D eigenvalue weighted by atomic mass is 32.2. The Balaban J connectivity index is 1.51. The van der Waals surface area contributed by atoms with Crippen molar-refractivity contribution in [3.05, 3.63) is 48.0 Å². The lowest BCUT2D eigenvalue weighted by molar-refractivity contribution is -0.127. The molecule has 1 aliphatic heterocycles. The summed E-state index contributed by atoms with van der Waals surface area (Å²) in [6.45, 7) is 2.33. The van der Waals surface area contributed by atoms with Crippen LogP contribution in [-0.4, -0.2) is 51.6 Å². The fraction of sp³-hybridized carbons (Fsp3) is 0.458. The first-order chi connectivity index (χ1) is 15.9. The smallest absolute Gasteiger partial charge is 0.264 e. The van der Waals surface area contributed by atoms with Crippen molar-refractivity contribution in [2.45, 2.75) is 48.9 Å². The molecule has 1 fully saturated rings. The second-order valence-corrected chi connectivity index (χ2v) is 11.6. The van der Waals surface area contributed by atoms with E-state index in [4.69, 9.17) is 9.47 Å². The van der Waals surface area contributed by atoms with Crippen LogP contribution in [0.3, 0.4) is 0 Å². The van der Waals surface area contributed by atoms with E-state index >= 15 is 0 Å². The average Bonchev–Trinajstić information content (AvgIpc) is 3.34. The average molecular weight is 491 g/mol. The lowest BCUT2D eigenvalue weighted by Crippen LogP contribution is -2.51. The Labute approximate surface area is 199 Å². The van der Waals surface area contributed by atoms with Crippen molar-refractivity contribution in [1.82, 2.24) is 5.32 Å². The third-order valence-electron chi connectivity index (χ3n) is 5.98. The highest BCUT2D eigenvalue weighted by Crippen LogP contribution is 2.38. The van der Waals surface area contributed by atoms with Gasteiger partial charge in [-0.15, -0.1) is 0 Å². The van der Waals surface area contributed by atoms with E-state index in [2.05, 4.69) is 5.32 Å². The van der Waals surface area contributed by atoms with Gasteiger partial charge in [0.15, 0.2) is 6.10 Å². The number of benzene rings is 2. The van der Waals surface area contributed by atoms with Crippen LogP contribution < -0.4 is 19.1 Å². The van der Waals surface area contributed by atoms with Gasteiger partial charge < -0.3 is 14.8 Å². The topological polar surface area (TPSA) is 84.9 Å². The van der Waals surface area contributed by atoms with Gasteiger partial charge >= 0.3 is 0 Å². The number of fused-ring (bicyclic) bond motifs is 1. The minimum absolute atomic E-state index is 0.0909. The second-order valence-electron chi connectivity index (χ2n) is 8.36. The molecule has 7 nitrogen and oxygen atoms in total. The SMILES string of the molecule is COc1ccc(S(=O)(=O)N2C[C@@H](C(=O)NCCSC3CCCC3)Oc3ccc(C)cc32)cc1. The Morgan fingerprint density at radius 3 is 2.61 bits per heavy atom. The van der Waals surface area contributed by atoms with Gasteiger partial charge in [0, 0.05) is 17.5 Å². The standard InChI is InChI=1S/C24H30N2O5S2/c1-17-7-12-22-21(15-17)26(33(28,29)20-10-8-18(30-2)9-11-20)16-23(31-22)24(27)25-13-14-32-19-5-3-4-6-19/h7-12,15,19,23H,3-6,13-14,16H2,1-2H3,(H,25,27)/t23-/m0/s1. The number of amides is 1. The predicted octanol–water partition coefficient (Wildman–Crippen LogP) is 3.75. The summed E-state index contributed by atoms with van der Waals surface area (Å²) in [6.07, 6.45) is 4.15. The summed E-state index contributed by atoms with van der Waals surface area (Å²) in [5.41, 5.74) is 1.34. The van der Waals surface area contributed by atoms with Gasteiger partial charge in [-0.25, -0.2) is 8.42 Å². The second kappa shape index (κ2) is 10.3. The number of aryl methyl sites for hydroxylation is 1. The normalized spacial score (nSPS) is 18.5. The van der Waals surface area contributed by atoms with E-state index in [9.17, 15) is 13.2 Å². The first-order valence-electron chi connectivity index (χ1n) is 11.2. The zero-order valence-corrected chi connectivity index (χ0v) is 20.6. The number of ether oxygens (including phenoxy) is 2. The zero-order chi connectivity index (χ0) is 23.4. The highest BCUT2D eigenvalue weighted by Gasteiger charge is 2.37. The summed E-state index contributed by atoms with van der Waals surface area (Å²) < 4.78 is 39.4. The van der Waals surface area contributed by atoms with Crippen LogP contribution in [0.25, 0.3) is 0 Å². The Kier molecular flexibility index (Phi) is 7.38. The maximum Gasteiger partial charge on any atom is 0.264 e. The molecule has 2 aliphatic rings. The van der Waals surface area contributed by atoms with Crippen LogP contribution in [0.1, 0.15) is 31.2 Å². The Morgan fingerprint density at radius 2 is 1.91 bits per heavy atom. The molecule has 0 unspecified atom stereocenters. The van der Waals surface area contributed by atoms with E-state index in [1.54, 1.807) is 24.3 Å². The van der Waals surface area contributed by atoms with Crippen molar-refractivity contribution in [2.24, 2.45) is 0 Å². The number of methoxy groups -OCH3 is 1. The third kappa shape index (κ3) is 5.41. The molecule has 0 saturated heterocycles. The fourth-order valence-electron chi connectivity index (χ4n) is 4.17. The molecule has 2 aromatic carbocycles. The van der Waals surface area contributed by atoms with Gasteiger partial charge in [-0.3, -0.25) is 9.10 Å². The predicted molar refractivity (Wildman–Crippen MR) is 131 cm³/mol. The Morgan fingerprint density at radius 1 is 1.18 bits per heavy atom. The molecule has 2 aromatic rings. The van der Waals surface area contributed by atoms with Crippen molar-refractivity contribution in [3.63, 3.8) is 0 Å². The van der Waals surface area contributed by atoms with Crippen LogP contribution in [0.2, 0.25) is 0 Å². The number of rotatable bonds is 8. The summed E-state index contributed by atoms with van der Waals surface area (Å²) in [5, 5.41) is 3.61. The van der Waals surface area contributed by atoms with Gasteiger partial charge in [-0.1, -0.05) is 18.9 Å². The number of hydrogen-bond acceptors (Lipinski definition) is 6. The monoisotopic (exact) mass is 490 g/mol. The van der Waals surface area contributed by atoms with Crippen molar-refractivity contribution in [3.8, 4) is 11.5 Å². The number of carbonyl (C=O) groups excluding carboxylic acids is 1. The number of nitrogens with zero attached hydrogens (tertiary/aromatic N) is 1. The van der Waals surface area contributed by atoms with Gasteiger partial charge in [0.1, 0.15) is 11.5 Å². The summed E-state index contributed by atoms with van der Waals surface area (Å²) in [6, 6.07) is 11.6. The van der Waals surface area contributed by atoms with Crippen LogP contribution in [-0.2, 0) is 14.8 Å².